The summed E-state index contributed by atoms with van der Waals surface area (Å²) in [7, 11) is -3.60. The molecule has 0 unspecified atom stereocenters. The summed E-state index contributed by atoms with van der Waals surface area (Å²) in [6.45, 7) is 7.07. The van der Waals surface area contributed by atoms with Crippen LogP contribution in [0.25, 0.3) is 0 Å². The van der Waals surface area contributed by atoms with E-state index in [1.807, 2.05) is 0 Å². The van der Waals surface area contributed by atoms with Crippen LogP contribution in [0.3, 0.4) is 0 Å². The Morgan fingerprint density at radius 3 is 2.58 bits per heavy atom. The molecule has 0 bridgehead atoms. The van der Waals surface area contributed by atoms with Gasteiger partial charge in [-0.3, -0.25) is 4.79 Å². The van der Waals surface area contributed by atoms with Crippen LogP contribution < -0.4 is 14.8 Å². The topological polar surface area (TPSA) is 87.7 Å². The first-order valence-corrected chi connectivity index (χ1v) is 9.73. The number of ether oxygens (including phenoxy) is 1. The molecular formula is C16H25N3O4S. The van der Waals surface area contributed by atoms with Crippen LogP contribution in [0.15, 0.2) is 23.1 Å². The van der Waals surface area contributed by atoms with E-state index in [1.54, 1.807) is 6.07 Å². The van der Waals surface area contributed by atoms with E-state index in [0.29, 0.717) is 24.5 Å². The van der Waals surface area contributed by atoms with Crippen LogP contribution in [0.5, 0.6) is 5.75 Å². The second-order valence-corrected chi connectivity index (χ2v) is 7.50. The van der Waals surface area contributed by atoms with Crippen molar-refractivity contribution in [1.29, 1.82) is 0 Å². The van der Waals surface area contributed by atoms with E-state index in [-0.39, 0.29) is 17.4 Å². The molecule has 0 saturated carbocycles. The van der Waals surface area contributed by atoms with Gasteiger partial charge in [-0.2, -0.15) is 0 Å². The minimum absolute atomic E-state index is 0.104. The molecule has 1 aliphatic heterocycles. The molecule has 1 aliphatic rings. The molecule has 2 N–H and O–H groups in total. The summed E-state index contributed by atoms with van der Waals surface area (Å²) in [5, 5.41) is 2.64. The fourth-order valence-electron chi connectivity index (χ4n) is 2.61. The molecular weight excluding hydrogens is 330 g/mol. The molecule has 7 nitrogen and oxygen atoms in total. The van der Waals surface area contributed by atoms with Crippen LogP contribution in [0.4, 0.5) is 5.69 Å². The molecule has 1 amide bonds. The standard InChI is InChI=1S/C16H25N3O4S/c1-3-8-19(9-4-2)10-7-17-24(21,22)13-5-6-14-15(11-13)23-12-16(20)18-14/h5-6,11,17H,3-4,7-10,12H2,1-2H3,(H,18,20). The Balaban J connectivity index is 1.99. The van der Waals surface area contributed by atoms with E-state index >= 15 is 0 Å². The SMILES string of the molecule is CCCN(CCC)CCNS(=O)(=O)c1ccc2c(c1)OCC(=O)N2. The quantitative estimate of drug-likeness (QED) is 0.699. The number of nitrogens with one attached hydrogen (secondary N) is 2. The van der Waals surface area contributed by atoms with Crippen molar-refractivity contribution in [3.05, 3.63) is 18.2 Å². The number of carbonyl (C=O) groups excluding carboxylic acids is 1. The second-order valence-electron chi connectivity index (χ2n) is 5.73. The molecule has 8 heteroatoms. The number of hydrogen-bond donors (Lipinski definition) is 2. The molecule has 0 atom stereocenters. The number of hydrogen-bond acceptors (Lipinski definition) is 5. The number of carbonyl (C=O) groups is 1. The lowest BCUT2D eigenvalue weighted by molar-refractivity contribution is -0.118. The van der Waals surface area contributed by atoms with E-state index in [0.717, 1.165) is 25.9 Å². The fourth-order valence-corrected chi connectivity index (χ4v) is 3.65. The molecule has 0 fully saturated rings. The Morgan fingerprint density at radius 1 is 1.21 bits per heavy atom. The molecule has 1 aromatic carbocycles. The number of anilines is 1. The molecule has 0 aliphatic carbocycles. The summed E-state index contributed by atoms with van der Waals surface area (Å²) < 4.78 is 32.7. The summed E-state index contributed by atoms with van der Waals surface area (Å²) in [6.07, 6.45) is 2.08. The Morgan fingerprint density at radius 2 is 1.92 bits per heavy atom. The highest BCUT2D eigenvalue weighted by Crippen LogP contribution is 2.30. The first-order chi connectivity index (χ1) is 11.5. The first kappa shape index (κ1) is 18.7. The van der Waals surface area contributed by atoms with Gasteiger partial charge in [-0.25, -0.2) is 13.1 Å². The normalized spacial score (nSPS) is 14.2. The predicted octanol–water partition coefficient (Wildman–Crippen LogP) is 1.42. The average Bonchev–Trinajstić information content (AvgIpc) is 2.54. The van der Waals surface area contributed by atoms with Crippen molar-refractivity contribution in [2.24, 2.45) is 0 Å². The number of rotatable bonds is 9. The first-order valence-electron chi connectivity index (χ1n) is 8.25. The zero-order valence-corrected chi connectivity index (χ0v) is 15.0. The van der Waals surface area contributed by atoms with Crippen LogP contribution in [0, 0.1) is 0 Å². The zero-order chi connectivity index (χ0) is 17.6. The number of benzene rings is 1. The van der Waals surface area contributed by atoms with E-state index in [9.17, 15) is 13.2 Å². The number of nitrogens with zero attached hydrogens (tertiary/aromatic N) is 1. The van der Waals surface area contributed by atoms with Crippen LogP contribution in [0.2, 0.25) is 0 Å². The maximum absolute atomic E-state index is 12.4. The fraction of sp³-hybridized carbons (Fsp3) is 0.562. The van der Waals surface area contributed by atoms with Crippen molar-refractivity contribution in [3.63, 3.8) is 0 Å². The van der Waals surface area contributed by atoms with Crippen molar-refractivity contribution in [2.75, 3.05) is 38.1 Å². The summed E-state index contributed by atoms with van der Waals surface area (Å²) in [5.74, 6) is 0.124. The van der Waals surface area contributed by atoms with Crippen molar-refractivity contribution < 1.29 is 17.9 Å². The van der Waals surface area contributed by atoms with Gasteiger partial charge >= 0.3 is 0 Å². The largest absolute Gasteiger partial charge is 0.482 e. The minimum Gasteiger partial charge on any atom is -0.482 e. The number of fused-ring (bicyclic) bond motifs is 1. The molecule has 0 radical (unpaired) electrons. The van der Waals surface area contributed by atoms with Gasteiger partial charge < -0.3 is 15.0 Å². The Bertz CT molecular complexity index is 670. The molecule has 0 spiro atoms. The number of sulfonamides is 1. The lowest BCUT2D eigenvalue weighted by atomic mass is 10.2. The third-order valence-electron chi connectivity index (χ3n) is 3.70. The molecule has 2 rings (SSSR count). The van der Waals surface area contributed by atoms with E-state index < -0.39 is 10.0 Å². The van der Waals surface area contributed by atoms with Crippen molar-refractivity contribution in [1.82, 2.24) is 9.62 Å². The minimum atomic E-state index is -3.60. The molecule has 0 saturated heterocycles. The third kappa shape index (κ3) is 4.93. The van der Waals surface area contributed by atoms with Gasteiger partial charge in [0, 0.05) is 19.2 Å². The zero-order valence-electron chi connectivity index (χ0n) is 14.2. The van der Waals surface area contributed by atoms with Gasteiger partial charge in [0.25, 0.3) is 5.91 Å². The summed E-state index contributed by atoms with van der Waals surface area (Å²) in [6, 6.07) is 4.44. The van der Waals surface area contributed by atoms with Gasteiger partial charge in [-0.1, -0.05) is 13.8 Å². The highest BCUT2D eigenvalue weighted by molar-refractivity contribution is 7.89. The summed E-state index contributed by atoms with van der Waals surface area (Å²) in [4.78, 5) is 13.6. The molecule has 0 aromatic heterocycles. The number of amides is 1. The van der Waals surface area contributed by atoms with Crippen molar-refractivity contribution >= 4 is 21.6 Å². The smallest absolute Gasteiger partial charge is 0.262 e. The Kier molecular flexibility index (Phi) is 6.59. The van der Waals surface area contributed by atoms with Crippen molar-refractivity contribution in [2.45, 2.75) is 31.6 Å². The van der Waals surface area contributed by atoms with E-state index in [1.165, 1.54) is 12.1 Å². The Labute approximate surface area is 143 Å². The molecule has 1 aromatic rings. The highest BCUT2D eigenvalue weighted by atomic mass is 32.2. The van der Waals surface area contributed by atoms with Crippen LogP contribution >= 0.6 is 0 Å². The third-order valence-corrected chi connectivity index (χ3v) is 5.15. The van der Waals surface area contributed by atoms with Gasteiger partial charge in [0.1, 0.15) is 5.75 Å². The van der Waals surface area contributed by atoms with Gasteiger partial charge in [0.2, 0.25) is 10.0 Å². The summed E-state index contributed by atoms with van der Waals surface area (Å²) in [5.41, 5.74) is 0.488. The van der Waals surface area contributed by atoms with Gasteiger partial charge in [0.05, 0.1) is 10.6 Å². The average molecular weight is 355 g/mol. The maximum atomic E-state index is 12.4. The predicted molar refractivity (Wildman–Crippen MR) is 92.8 cm³/mol. The summed E-state index contributed by atoms with van der Waals surface area (Å²) >= 11 is 0. The lowest BCUT2D eigenvalue weighted by Crippen LogP contribution is -2.35. The monoisotopic (exact) mass is 355 g/mol. The van der Waals surface area contributed by atoms with Gasteiger partial charge in [-0.15, -0.1) is 0 Å². The molecule has 1 heterocycles. The van der Waals surface area contributed by atoms with Gasteiger partial charge in [0.15, 0.2) is 6.61 Å². The van der Waals surface area contributed by atoms with Crippen LogP contribution in [-0.2, 0) is 14.8 Å². The van der Waals surface area contributed by atoms with E-state index in [4.69, 9.17) is 4.74 Å². The molecule has 134 valence electrons. The highest BCUT2D eigenvalue weighted by Gasteiger charge is 2.20. The lowest BCUT2D eigenvalue weighted by Gasteiger charge is -2.21. The van der Waals surface area contributed by atoms with Crippen LogP contribution in [0.1, 0.15) is 26.7 Å². The van der Waals surface area contributed by atoms with Gasteiger partial charge in [-0.05, 0) is 38.1 Å². The van der Waals surface area contributed by atoms with Crippen LogP contribution in [-0.4, -0.2) is 52.0 Å². The van der Waals surface area contributed by atoms with Crippen molar-refractivity contribution in [3.8, 4) is 5.75 Å². The Hall–Kier alpha value is -1.64. The maximum Gasteiger partial charge on any atom is 0.262 e. The van der Waals surface area contributed by atoms with E-state index in [2.05, 4.69) is 28.8 Å². The molecule has 24 heavy (non-hydrogen) atoms. The second kappa shape index (κ2) is 8.46.